The topological polar surface area (TPSA) is 80.8 Å². The number of thiazole rings is 1. The number of ether oxygens (including phenoxy) is 2. The van der Waals surface area contributed by atoms with Gasteiger partial charge in [0.15, 0.2) is 16.6 Å². The number of benzene rings is 1. The Morgan fingerprint density at radius 1 is 1.43 bits per heavy atom. The summed E-state index contributed by atoms with van der Waals surface area (Å²) in [6.45, 7) is 2.64. The molecule has 23 heavy (non-hydrogen) atoms. The van der Waals surface area contributed by atoms with Gasteiger partial charge in [-0.15, -0.1) is 0 Å². The van der Waals surface area contributed by atoms with Gasteiger partial charge in [-0.05, 0) is 13.3 Å². The first-order valence-corrected chi connectivity index (χ1v) is 8.28. The second-order valence-electron chi connectivity index (χ2n) is 5.42. The lowest BCUT2D eigenvalue weighted by Gasteiger charge is -2.21. The minimum Gasteiger partial charge on any atom is -0.454 e. The molecule has 1 aromatic heterocycles. The summed E-state index contributed by atoms with van der Waals surface area (Å²) >= 11 is 1.38. The number of amides is 2. The Hall–Kier alpha value is -2.35. The van der Waals surface area contributed by atoms with Gasteiger partial charge in [0.05, 0.1) is 10.2 Å². The lowest BCUT2D eigenvalue weighted by molar-refractivity contribution is -0.133. The van der Waals surface area contributed by atoms with Gasteiger partial charge < -0.3 is 19.7 Å². The van der Waals surface area contributed by atoms with E-state index in [1.807, 2.05) is 13.0 Å². The van der Waals surface area contributed by atoms with Crippen molar-refractivity contribution in [3.8, 4) is 11.5 Å². The molecule has 2 aromatic rings. The first-order chi connectivity index (χ1) is 11.2. The molecule has 2 aliphatic heterocycles. The number of likely N-dealkylation sites (tertiary alicyclic amines) is 1. The fraction of sp³-hybridized carbons (Fsp3) is 0.400. The maximum absolute atomic E-state index is 12.4. The van der Waals surface area contributed by atoms with Crippen LogP contribution in [0.25, 0.3) is 10.2 Å². The predicted octanol–water partition coefficient (Wildman–Crippen LogP) is 1.97. The van der Waals surface area contributed by atoms with Crippen LogP contribution in [-0.4, -0.2) is 41.1 Å². The molecule has 1 saturated heterocycles. The fourth-order valence-corrected chi connectivity index (χ4v) is 3.84. The highest BCUT2D eigenvalue weighted by molar-refractivity contribution is 7.22. The molecule has 7 nitrogen and oxygen atoms in total. The van der Waals surface area contributed by atoms with Crippen molar-refractivity contribution < 1.29 is 19.1 Å². The highest BCUT2D eigenvalue weighted by Gasteiger charge is 2.35. The van der Waals surface area contributed by atoms with Crippen LogP contribution >= 0.6 is 11.3 Å². The van der Waals surface area contributed by atoms with Gasteiger partial charge in [-0.2, -0.15) is 0 Å². The lowest BCUT2D eigenvalue weighted by Crippen LogP contribution is -2.41. The van der Waals surface area contributed by atoms with Crippen molar-refractivity contribution in [2.45, 2.75) is 25.8 Å². The Morgan fingerprint density at radius 3 is 3.00 bits per heavy atom. The first kappa shape index (κ1) is 14.3. The Morgan fingerprint density at radius 2 is 2.22 bits per heavy atom. The minimum absolute atomic E-state index is 0.0303. The monoisotopic (exact) mass is 333 g/mol. The lowest BCUT2D eigenvalue weighted by atomic mass is 10.2. The van der Waals surface area contributed by atoms with E-state index >= 15 is 0 Å². The molecule has 2 aliphatic rings. The van der Waals surface area contributed by atoms with E-state index < -0.39 is 6.04 Å². The average molecular weight is 333 g/mol. The highest BCUT2D eigenvalue weighted by Crippen LogP contribution is 2.39. The molecule has 0 radical (unpaired) electrons. The van der Waals surface area contributed by atoms with Gasteiger partial charge in [-0.1, -0.05) is 11.3 Å². The molecule has 3 heterocycles. The van der Waals surface area contributed by atoms with Crippen molar-refractivity contribution in [3.05, 3.63) is 12.1 Å². The third kappa shape index (κ3) is 2.39. The van der Waals surface area contributed by atoms with Crippen LogP contribution in [0.15, 0.2) is 12.1 Å². The van der Waals surface area contributed by atoms with Gasteiger partial charge in [0.1, 0.15) is 6.04 Å². The number of rotatable bonds is 3. The summed E-state index contributed by atoms with van der Waals surface area (Å²) < 4.78 is 11.6. The largest absolute Gasteiger partial charge is 0.454 e. The quantitative estimate of drug-likeness (QED) is 0.929. The molecule has 0 aliphatic carbocycles. The van der Waals surface area contributed by atoms with Crippen LogP contribution in [0.5, 0.6) is 11.5 Å². The molecule has 1 N–H and O–H groups in total. The molecule has 120 valence electrons. The van der Waals surface area contributed by atoms with E-state index in [9.17, 15) is 9.59 Å². The minimum atomic E-state index is -0.406. The van der Waals surface area contributed by atoms with Crippen LogP contribution in [0.4, 0.5) is 5.13 Å². The zero-order chi connectivity index (χ0) is 16.0. The highest BCUT2D eigenvalue weighted by atomic mass is 32.1. The molecule has 2 amide bonds. The number of hydrogen-bond acceptors (Lipinski definition) is 6. The zero-order valence-corrected chi connectivity index (χ0v) is 13.3. The van der Waals surface area contributed by atoms with Crippen molar-refractivity contribution in [3.63, 3.8) is 0 Å². The summed E-state index contributed by atoms with van der Waals surface area (Å²) in [6, 6.07) is 3.26. The first-order valence-electron chi connectivity index (χ1n) is 7.46. The van der Waals surface area contributed by atoms with Crippen LogP contribution in [-0.2, 0) is 9.59 Å². The summed E-state index contributed by atoms with van der Waals surface area (Å²) in [4.78, 5) is 30.2. The summed E-state index contributed by atoms with van der Waals surface area (Å²) in [7, 11) is 0. The number of nitrogens with zero attached hydrogens (tertiary/aromatic N) is 2. The number of anilines is 1. The normalized spacial score (nSPS) is 19.6. The van der Waals surface area contributed by atoms with Crippen LogP contribution < -0.4 is 14.8 Å². The molecular formula is C15H15N3O4S. The third-order valence-corrected chi connectivity index (χ3v) is 5.02. The molecule has 1 aromatic carbocycles. The second kappa shape index (κ2) is 5.38. The van der Waals surface area contributed by atoms with Crippen molar-refractivity contribution in [2.24, 2.45) is 0 Å². The van der Waals surface area contributed by atoms with Crippen molar-refractivity contribution in [1.82, 2.24) is 9.88 Å². The maximum atomic E-state index is 12.4. The standard InChI is InChI=1S/C15H15N3O4S/c1-2-18-9(3-4-13(18)19)14(20)17-15-16-8-5-10-11(22-7-21-10)6-12(8)23-15/h5-6,9H,2-4,7H2,1H3,(H,16,17,20). The summed E-state index contributed by atoms with van der Waals surface area (Å²) in [6.07, 6.45) is 0.979. The number of carbonyl (C=O) groups excluding carboxylic acids is 2. The Kier molecular flexibility index (Phi) is 3.33. The van der Waals surface area contributed by atoms with E-state index in [0.717, 1.165) is 10.2 Å². The van der Waals surface area contributed by atoms with Gasteiger partial charge in [0, 0.05) is 25.1 Å². The van der Waals surface area contributed by atoms with Crippen molar-refractivity contribution in [1.29, 1.82) is 0 Å². The zero-order valence-electron chi connectivity index (χ0n) is 12.5. The smallest absolute Gasteiger partial charge is 0.248 e. The third-order valence-electron chi connectivity index (χ3n) is 4.08. The number of fused-ring (bicyclic) bond motifs is 2. The molecule has 0 spiro atoms. The van der Waals surface area contributed by atoms with E-state index in [1.165, 1.54) is 11.3 Å². The predicted molar refractivity (Wildman–Crippen MR) is 84.8 cm³/mol. The molecule has 8 heteroatoms. The number of carbonyl (C=O) groups is 2. The second-order valence-corrected chi connectivity index (χ2v) is 6.45. The fourth-order valence-electron chi connectivity index (χ4n) is 2.96. The molecule has 0 bridgehead atoms. The number of aromatic nitrogens is 1. The molecule has 4 rings (SSSR count). The van der Waals surface area contributed by atoms with E-state index in [0.29, 0.717) is 36.0 Å². The van der Waals surface area contributed by atoms with Crippen molar-refractivity contribution in [2.75, 3.05) is 18.7 Å². The number of nitrogens with one attached hydrogen (secondary N) is 1. The van der Waals surface area contributed by atoms with E-state index in [1.54, 1.807) is 11.0 Å². The van der Waals surface area contributed by atoms with Gasteiger partial charge in [-0.3, -0.25) is 9.59 Å². The van der Waals surface area contributed by atoms with E-state index in [-0.39, 0.29) is 18.6 Å². The Labute approximate surface area is 136 Å². The van der Waals surface area contributed by atoms with Crippen molar-refractivity contribution >= 4 is 38.5 Å². The molecule has 1 fully saturated rings. The van der Waals surface area contributed by atoms with E-state index in [2.05, 4.69) is 10.3 Å². The average Bonchev–Trinajstić information content (AvgIpc) is 3.21. The Balaban J connectivity index is 1.56. The maximum Gasteiger partial charge on any atom is 0.248 e. The van der Waals surface area contributed by atoms with Gasteiger partial charge in [0.25, 0.3) is 0 Å². The van der Waals surface area contributed by atoms with Crippen LogP contribution in [0.2, 0.25) is 0 Å². The summed E-state index contributed by atoms with van der Waals surface area (Å²) in [5.74, 6) is 1.20. The van der Waals surface area contributed by atoms with Crippen LogP contribution in [0.3, 0.4) is 0 Å². The van der Waals surface area contributed by atoms with Gasteiger partial charge in [0.2, 0.25) is 18.6 Å². The number of likely N-dealkylation sites (N-methyl/N-ethyl adjacent to an activating group) is 1. The SMILES string of the molecule is CCN1C(=O)CCC1C(=O)Nc1nc2cc3c(cc2s1)OCO3. The van der Waals surface area contributed by atoms with Crippen LogP contribution in [0, 0.1) is 0 Å². The van der Waals surface area contributed by atoms with Gasteiger partial charge >= 0.3 is 0 Å². The molecular weight excluding hydrogens is 318 g/mol. The van der Waals surface area contributed by atoms with Crippen LogP contribution in [0.1, 0.15) is 19.8 Å². The summed E-state index contributed by atoms with van der Waals surface area (Å²) in [5, 5.41) is 3.34. The molecule has 1 atom stereocenters. The molecule has 1 unspecified atom stereocenters. The number of hydrogen-bond donors (Lipinski definition) is 1. The summed E-state index contributed by atoms with van der Waals surface area (Å²) in [5.41, 5.74) is 0.754. The van der Waals surface area contributed by atoms with E-state index in [4.69, 9.17) is 9.47 Å². The van der Waals surface area contributed by atoms with Gasteiger partial charge in [-0.25, -0.2) is 4.98 Å². The Bertz CT molecular complexity index is 762. The molecule has 0 saturated carbocycles.